The molecule has 5 heteroatoms. The predicted octanol–water partition coefficient (Wildman–Crippen LogP) is 1.60. The van der Waals surface area contributed by atoms with E-state index in [9.17, 15) is 9.59 Å². The standard InChI is InChI=1S/C15H19NO4/c1-4-19-13(17)15(14(18)20-5-2)8-11-10(3)6-7-16-12(11)9-15/h6-7H,4-5,8-9H2,1-3H3. The first-order valence-electron chi connectivity index (χ1n) is 6.83. The van der Waals surface area contributed by atoms with Gasteiger partial charge < -0.3 is 9.47 Å². The van der Waals surface area contributed by atoms with Gasteiger partial charge in [0.2, 0.25) is 0 Å². The van der Waals surface area contributed by atoms with Crippen molar-refractivity contribution < 1.29 is 19.1 Å². The van der Waals surface area contributed by atoms with Crippen molar-refractivity contribution in [2.45, 2.75) is 33.6 Å². The zero-order valence-electron chi connectivity index (χ0n) is 12.1. The molecule has 1 aliphatic carbocycles. The highest BCUT2D eigenvalue weighted by atomic mass is 16.6. The molecule has 0 bridgehead atoms. The number of carbonyl (C=O) groups is 2. The number of aryl methyl sites for hydroxylation is 1. The summed E-state index contributed by atoms with van der Waals surface area (Å²) in [4.78, 5) is 28.9. The molecule has 0 spiro atoms. The summed E-state index contributed by atoms with van der Waals surface area (Å²) in [5, 5.41) is 0. The summed E-state index contributed by atoms with van der Waals surface area (Å²) in [5.74, 6) is -1.04. The Balaban J connectivity index is 2.40. The number of hydrogen-bond acceptors (Lipinski definition) is 5. The number of fused-ring (bicyclic) bond motifs is 1. The minimum absolute atomic E-state index is 0.239. The summed E-state index contributed by atoms with van der Waals surface area (Å²) in [6, 6.07) is 1.88. The van der Waals surface area contributed by atoms with Crippen molar-refractivity contribution in [1.82, 2.24) is 4.98 Å². The van der Waals surface area contributed by atoms with Gasteiger partial charge >= 0.3 is 11.9 Å². The first-order valence-corrected chi connectivity index (χ1v) is 6.83. The quantitative estimate of drug-likeness (QED) is 0.618. The normalized spacial score (nSPS) is 15.6. The third-order valence-electron chi connectivity index (χ3n) is 3.66. The van der Waals surface area contributed by atoms with Crippen LogP contribution in [0.5, 0.6) is 0 Å². The van der Waals surface area contributed by atoms with E-state index in [1.165, 1.54) is 0 Å². The van der Waals surface area contributed by atoms with Gasteiger partial charge in [-0.15, -0.1) is 0 Å². The van der Waals surface area contributed by atoms with Crippen LogP contribution in [0.25, 0.3) is 0 Å². The smallest absolute Gasteiger partial charge is 0.324 e. The lowest BCUT2D eigenvalue weighted by molar-refractivity contribution is -0.171. The molecule has 108 valence electrons. The second kappa shape index (κ2) is 5.61. The lowest BCUT2D eigenvalue weighted by Gasteiger charge is -2.23. The van der Waals surface area contributed by atoms with E-state index in [-0.39, 0.29) is 19.6 Å². The Hall–Kier alpha value is -1.91. The summed E-state index contributed by atoms with van der Waals surface area (Å²) >= 11 is 0. The van der Waals surface area contributed by atoms with Gasteiger partial charge in [0.15, 0.2) is 5.41 Å². The predicted molar refractivity (Wildman–Crippen MR) is 72.1 cm³/mol. The van der Waals surface area contributed by atoms with Crippen LogP contribution in [0.15, 0.2) is 12.3 Å². The van der Waals surface area contributed by atoms with Crippen molar-refractivity contribution >= 4 is 11.9 Å². The van der Waals surface area contributed by atoms with Gasteiger partial charge in [0.1, 0.15) is 0 Å². The van der Waals surface area contributed by atoms with Crippen LogP contribution in [0.2, 0.25) is 0 Å². The molecule has 0 saturated carbocycles. The average Bonchev–Trinajstić information content (AvgIpc) is 2.82. The molecule has 1 heterocycles. The Labute approximate surface area is 118 Å². The van der Waals surface area contributed by atoms with Crippen molar-refractivity contribution in [3.8, 4) is 0 Å². The molecule has 5 nitrogen and oxygen atoms in total. The van der Waals surface area contributed by atoms with Gasteiger partial charge in [0.05, 0.1) is 13.2 Å². The van der Waals surface area contributed by atoms with Gasteiger partial charge in [-0.3, -0.25) is 14.6 Å². The minimum Gasteiger partial charge on any atom is -0.465 e. The minimum atomic E-state index is -1.27. The maximum absolute atomic E-state index is 12.3. The highest BCUT2D eigenvalue weighted by Crippen LogP contribution is 2.39. The van der Waals surface area contributed by atoms with Crippen LogP contribution >= 0.6 is 0 Å². The van der Waals surface area contributed by atoms with Gasteiger partial charge in [-0.05, 0) is 38.0 Å². The van der Waals surface area contributed by atoms with Crippen molar-refractivity contribution in [2.24, 2.45) is 5.41 Å². The largest absolute Gasteiger partial charge is 0.465 e. The zero-order valence-corrected chi connectivity index (χ0v) is 12.1. The summed E-state index contributed by atoms with van der Waals surface area (Å²) in [6.07, 6.45) is 2.25. The Morgan fingerprint density at radius 3 is 2.30 bits per heavy atom. The van der Waals surface area contributed by atoms with E-state index in [1.54, 1.807) is 20.0 Å². The maximum atomic E-state index is 12.3. The number of pyridine rings is 1. The highest BCUT2D eigenvalue weighted by molar-refractivity contribution is 6.01. The fourth-order valence-corrected chi connectivity index (χ4v) is 2.60. The summed E-state index contributed by atoms with van der Waals surface area (Å²) in [5.41, 5.74) is 1.50. The van der Waals surface area contributed by atoms with E-state index < -0.39 is 17.4 Å². The topological polar surface area (TPSA) is 65.5 Å². The molecular formula is C15H19NO4. The monoisotopic (exact) mass is 277 g/mol. The molecule has 20 heavy (non-hydrogen) atoms. The van der Waals surface area contributed by atoms with Crippen molar-refractivity contribution in [3.63, 3.8) is 0 Å². The van der Waals surface area contributed by atoms with Crippen molar-refractivity contribution in [1.29, 1.82) is 0 Å². The SMILES string of the molecule is CCOC(=O)C1(C(=O)OCC)Cc2nccc(C)c2C1. The van der Waals surface area contributed by atoms with Gasteiger partial charge in [-0.1, -0.05) is 0 Å². The van der Waals surface area contributed by atoms with Crippen LogP contribution in [-0.2, 0) is 31.9 Å². The highest BCUT2D eigenvalue weighted by Gasteiger charge is 2.53. The molecule has 1 aliphatic rings. The summed E-state index contributed by atoms with van der Waals surface area (Å²) in [7, 11) is 0. The number of nitrogens with zero attached hydrogens (tertiary/aromatic N) is 1. The first kappa shape index (κ1) is 14.5. The molecule has 1 aromatic heterocycles. The van der Waals surface area contributed by atoms with Gasteiger partial charge in [0.25, 0.3) is 0 Å². The zero-order chi connectivity index (χ0) is 14.8. The van der Waals surface area contributed by atoms with Crippen molar-refractivity contribution in [2.75, 3.05) is 13.2 Å². The number of ether oxygens (including phenoxy) is 2. The Morgan fingerprint density at radius 2 is 1.80 bits per heavy atom. The Kier molecular flexibility index (Phi) is 4.06. The Bertz CT molecular complexity index is 521. The van der Waals surface area contributed by atoms with E-state index >= 15 is 0 Å². The van der Waals surface area contributed by atoms with Crippen LogP contribution < -0.4 is 0 Å². The summed E-state index contributed by atoms with van der Waals surface area (Å²) < 4.78 is 10.2. The Morgan fingerprint density at radius 1 is 1.20 bits per heavy atom. The number of carbonyl (C=O) groups excluding carboxylic acids is 2. The van der Waals surface area contributed by atoms with Crippen LogP contribution in [-0.4, -0.2) is 30.1 Å². The molecule has 0 aliphatic heterocycles. The molecule has 0 fully saturated rings. The van der Waals surface area contributed by atoms with E-state index in [1.807, 2.05) is 13.0 Å². The number of esters is 2. The van der Waals surface area contributed by atoms with Crippen LogP contribution in [0.4, 0.5) is 0 Å². The second-order valence-electron chi connectivity index (χ2n) is 4.93. The van der Waals surface area contributed by atoms with Crippen LogP contribution in [0.1, 0.15) is 30.7 Å². The molecular weight excluding hydrogens is 258 g/mol. The summed E-state index contributed by atoms with van der Waals surface area (Å²) in [6.45, 7) is 5.88. The van der Waals surface area contributed by atoms with Gasteiger partial charge in [0, 0.05) is 24.7 Å². The lowest BCUT2D eigenvalue weighted by atomic mass is 9.84. The molecule has 0 amide bonds. The third-order valence-corrected chi connectivity index (χ3v) is 3.66. The van der Waals surface area contributed by atoms with E-state index in [4.69, 9.17) is 9.47 Å². The first-order chi connectivity index (χ1) is 9.55. The fraction of sp³-hybridized carbons (Fsp3) is 0.533. The molecule has 1 aromatic rings. The molecule has 0 radical (unpaired) electrons. The number of rotatable bonds is 4. The molecule has 0 aromatic carbocycles. The number of hydrogen-bond donors (Lipinski definition) is 0. The van der Waals surface area contributed by atoms with E-state index in [0.29, 0.717) is 6.42 Å². The van der Waals surface area contributed by atoms with Crippen LogP contribution in [0, 0.1) is 12.3 Å². The van der Waals surface area contributed by atoms with E-state index in [2.05, 4.69) is 4.98 Å². The molecule has 0 atom stereocenters. The molecule has 2 rings (SSSR count). The average molecular weight is 277 g/mol. The molecule has 0 saturated heterocycles. The maximum Gasteiger partial charge on any atom is 0.324 e. The lowest BCUT2D eigenvalue weighted by Crippen LogP contribution is -2.43. The molecule has 0 N–H and O–H groups in total. The van der Waals surface area contributed by atoms with Crippen LogP contribution in [0.3, 0.4) is 0 Å². The number of aromatic nitrogens is 1. The van der Waals surface area contributed by atoms with Gasteiger partial charge in [-0.25, -0.2) is 0 Å². The fourth-order valence-electron chi connectivity index (χ4n) is 2.60. The third kappa shape index (κ3) is 2.28. The second-order valence-corrected chi connectivity index (χ2v) is 4.93. The molecule has 0 unspecified atom stereocenters. The van der Waals surface area contributed by atoms with E-state index in [0.717, 1.165) is 16.8 Å². The van der Waals surface area contributed by atoms with Gasteiger partial charge in [-0.2, -0.15) is 0 Å². The van der Waals surface area contributed by atoms with Crippen molar-refractivity contribution in [3.05, 3.63) is 29.1 Å².